The van der Waals surface area contributed by atoms with E-state index in [9.17, 15) is 9.59 Å². The van der Waals surface area contributed by atoms with E-state index in [1.54, 1.807) is 11.1 Å². The molecular formula is C9H12N4O2. The van der Waals surface area contributed by atoms with E-state index in [-0.39, 0.29) is 18.4 Å². The Bertz CT molecular complexity index is 343. The third kappa shape index (κ3) is 3.38. The topological polar surface area (TPSA) is 85.6 Å². The molecule has 0 bridgehead atoms. The molecule has 80 valence electrons. The SMILES string of the molecule is CC(=O)NC(=O)CN1CCCC1=NC#N. The number of hydrogen-bond acceptors (Lipinski definition) is 4. The summed E-state index contributed by atoms with van der Waals surface area (Å²) in [7, 11) is 0. The van der Waals surface area contributed by atoms with Crippen LogP contribution in [0.4, 0.5) is 0 Å². The molecule has 1 aliphatic rings. The van der Waals surface area contributed by atoms with Gasteiger partial charge in [-0.25, -0.2) is 0 Å². The Labute approximate surface area is 87.6 Å². The van der Waals surface area contributed by atoms with E-state index in [1.807, 2.05) is 0 Å². The fraction of sp³-hybridized carbons (Fsp3) is 0.556. The largest absolute Gasteiger partial charge is 0.350 e. The summed E-state index contributed by atoms with van der Waals surface area (Å²) in [6, 6.07) is 0. The molecule has 0 radical (unpaired) electrons. The highest BCUT2D eigenvalue weighted by molar-refractivity contribution is 5.97. The van der Waals surface area contributed by atoms with Crippen molar-refractivity contribution in [1.82, 2.24) is 10.2 Å². The first-order valence-electron chi connectivity index (χ1n) is 4.64. The minimum atomic E-state index is -0.377. The average Bonchev–Trinajstić information content (AvgIpc) is 2.52. The van der Waals surface area contributed by atoms with Gasteiger partial charge in [0.25, 0.3) is 0 Å². The van der Waals surface area contributed by atoms with Crippen LogP contribution in [0.5, 0.6) is 0 Å². The van der Waals surface area contributed by atoms with Gasteiger partial charge in [-0.15, -0.1) is 0 Å². The lowest BCUT2D eigenvalue weighted by atomic mass is 10.4. The summed E-state index contributed by atoms with van der Waals surface area (Å²) in [5.74, 6) is -0.121. The van der Waals surface area contributed by atoms with Crippen LogP contribution in [-0.4, -0.2) is 35.6 Å². The van der Waals surface area contributed by atoms with Crippen LogP contribution in [0, 0.1) is 11.5 Å². The van der Waals surface area contributed by atoms with Gasteiger partial charge in [0.15, 0.2) is 0 Å². The summed E-state index contributed by atoms with van der Waals surface area (Å²) in [4.78, 5) is 27.2. The van der Waals surface area contributed by atoms with Crippen molar-refractivity contribution in [2.75, 3.05) is 13.1 Å². The van der Waals surface area contributed by atoms with Crippen LogP contribution in [0.25, 0.3) is 0 Å². The summed E-state index contributed by atoms with van der Waals surface area (Å²) in [6.07, 6.45) is 3.29. The van der Waals surface area contributed by atoms with E-state index in [4.69, 9.17) is 5.26 Å². The third-order valence-corrected chi connectivity index (χ3v) is 2.02. The molecule has 0 unspecified atom stereocenters. The summed E-state index contributed by atoms with van der Waals surface area (Å²) in [6.45, 7) is 2.07. The summed E-state index contributed by atoms with van der Waals surface area (Å²) < 4.78 is 0. The molecule has 1 aliphatic heterocycles. The van der Waals surface area contributed by atoms with Crippen molar-refractivity contribution in [3.63, 3.8) is 0 Å². The lowest BCUT2D eigenvalue weighted by molar-refractivity contribution is -0.129. The maximum Gasteiger partial charge on any atom is 0.246 e. The molecule has 1 saturated heterocycles. The minimum absolute atomic E-state index is 0.0834. The zero-order chi connectivity index (χ0) is 11.3. The lowest BCUT2D eigenvalue weighted by Gasteiger charge is -2.16. The number of carbonyl (C=O) groups excluding carboxylic acids is 2. The number of hydrogen-bond donors (Lipinski definition) is 1. The Hall–Kier alpha value is -1.90. The van der Waals surface area contributed by atoms with Crippen molar-refractivity contribution in [1.29, 1.82) is 5.26 Å². The number of nitrogens with zero attached hydrogens (tertiary/aromatic N) is 3. The Morgan fingerprint density at radius 2 is 2.40 bits per heavy atom. The van der Waals surface area contributed by atoms with Gasteiger partial charge in [0, 0.05) is 19.9 Å². The van der Waals surface area contributed by atoms with Crippen LogP contribution in [0.2, 0.25) is 0 Å². The van der Waals surface area contributed by atoms with Gasteiger partial charge in [-0.05, 0) is 6.42 Å². The van der Waals surface area contributed by atoms with Gasteiger partial charge < -0.3 is 4.90 Å². The first-order valence-corrected chi connectivity index (χ1v) is 4.64. The van der Waals surface area contributed by atoms with Crippen LogP contribution in [0.3, 0.4) is 0 Å². The third-order valence-electron chi connectivity index (χ3n) is 2.02. The zero-order valence-electron chi connectivity index (χ0n) is 8.49. The highest BCUT2D eigenvalue weighted by Crippen LogP contribution is 2.10. The van der Waals surface area contributed by atoms with E-state index >= 15 is 0 Å². The first kappa shape index (κ1) is 11.2. The highest BCUT2D eigenvalue weighted by atomic mass is 16.2. The number of nitrogens with one attached hydrogen (secondary N) is 1. The average molecular weight is 208 g/mol. The number of rotatable bonds is 2. The Balaban J connectivity index is 2.51. The number of amides is 2. The van der Waals surface area contributed by atoms with Crippen LogP contribution in [-0.2, 0) is 9.59 Å². The maximum atomic E-state index is 11.2. The maximum absolute atomic E-state index is 11.2. The van der Waals surface area contributed by atoms with E-state index < -0.39 is 0 Å². The molecule has 0 saturated carbocycles. The molecular weight excluding hydrogens is 196 g/mol. The molecule has 0 aromatic carbocycles. The molecule has 1 heterocycles. The minimum Gasteiger partial charge on any atom is -0.350 e. The van der Waals surface area contributed by atoms with Crippen LogP contribution >= 0.6 is 0 Å². The Morgan fingerprint density at radius 3 is 3.00 bits per heavy atom. The second kappa shape index (κ2) is 5.10. The number of carbonyl (C=O) groups is 2. The van der Waals surface area contributed by atoms with Crippen molar-refractivity contribution in [3.8, 4) is 6.19 Å². The Kier molecular flexibility index (Phi) is 3.80. The summed E-state index contributed by atoms with van der Waals surface area (Å²) in [5, 5.41) is 10.6. The van der Waals surface area contributed by atoms with Crippen LogP contribution in [0.15, 0.2) is 4.99 Å². The van der Waals surface area contributed by atoms with Gasteiger partial charge in [0.2, 0.25) is 18.0 Å². The number of imide groups is 1. The molecule has 1 N–H and O–H groups in total. The zero-order valence-corrected chi connectivity index (χ0v) is 8.49. The Morgan fingerprint density at radius 1 is 1.67 bits per heavy atom. The van der Waals surface area contributed by atoms with Crippen LogP contribution < -0.4 is 5.32 Å². The number of nitriles is 1. The summed E-state index contributed by atoms with van der Waals surface area (Å²) in [5.41, 5.74) is 0. The van der Waals surface area contributed by atoms with Crippen molar-refractivity contribution < 1.29 is 9.59 Å². The molecule has 0 aromatic heterocycles. The van der Waals surface area contributed by atoms with Gasteiger partial charge in [0.05, 0.1) is 6.54 Å². The van der Waals surface area contributed by atoms with Crippen molar-refractivity contribution in [2.24, 2.45) is 4.99 Å². The molecule has 0 aromatic rings. The van der Waals surface area contributed by atoms with E-state index in [1.165, 1.54) is 6.92 Å². The fourth-order valence-corrected chi connectivity index (χ4v) is 1.48. The van der Waals surface area contributed by atoms with Crippen molar-refractivity contribution in [2.45, 2.75) is 19.8 Å². The molecule has 0 atom stereocenters. The number of aliphatic imine (C=N–C) groups is 1. The lowest BCUT2D eigenvalue weighted by Crippen LogP contribution is -2.39. The number of amidine groups is 1. The monoisotopic (exact) mass is 208 g/mol. The first-order chi connectivity index (χ1) is 7.13. The predicted molar refractivity (Wildman–Crippen MR) is 52.7 cm³/mol. The van der Waals surface area contributed by atoms with E-state index in [0.717, 1.165) is 6.42 Å². The van der Waals surface area contributed by atoms with Crippen molar-refractivity contribution in [3.05, 3.63) is 0 Å². The van der Waals surface area contributed by atoms with Gasteiger partial charge >= 0.3 is 0 Å². The van der Waals surface area contributed by atoms with Gasteiger partial charge in [-0.2, -0.15) is 10.3 Å². The van der Waals surface area contributed by atoms with E-state index in [2.05, 4.69) is 10.3 Å². The molecule has 2 amide bonds. The van der Waals surface area contributed by atoms with E-state index in [0.29, 0.717) is 18.8 Å². The molecule has 6 heteroatoms. The molecule has 1 rings (SSSR count). The van der Waals surface area contributed by atoms with Gasteiger partial charge in [-0.1, -0.05) is 0 Å². The second-order valence-corrected chi connectivity index (χ2v) is 3.26. The molecule has 15 heavy (non-hydrogen) atoms. The number of likely N-dealkylation sites (tertiary alicyclic amines) is 1. The van der Waals surface area contributed by atoms with Gasteiger partial charge in [-0.3, -0.25) is 14.9 Å². The normalized spacial score (nSPS) is 17.6. The molecule has 1 fully saturated rings. The predicted octanol–water partition coefficient (Wildman–Crippen LogP) is -0.376. The molecule has 0 aliphatic carbocycles. The standard InChI is InChI=1S/C9H12N4O2/c1-7(14)12-9(15)5-13-4-2-3-8(13)11-6-10/h2-5H2,1H3,(H,12,14,15). The van der Waals surface area contributed by atoms with Gasteiger partial charge in [0.1, 0.15) is 5.84 Å². The smallest absolute Gasteiger partial charge is 0.246 e. The highest BCUT2D eigenvalue weighted by Gasteiger charge is 2.21. The van der Waals surface area contributed by atoms with Crippen LogP contribution in [0.1, 0.15) is 19.8 Å². The quantitative estimate of drug-likeness (QED) is 0.627. The second-order valence-electron chi connectivity index (χ2n) is 3.26. The summed E-state index contributed by atoms with van der Waals surface area (Å²) >= 11 is 0. The van der Waals surface area contributed by atoms with Crippen molar-refractivity contribution >= 4 is 17.6 Å². The molecule has 0 spiro atoms. The molecule has 6 nitrogen and oxygen atoms in total. The fourth-order valence-electron chi connectivity index (χ4n) is 1.48.